The van der Waals surface area contributed by atoms with Gasteiger partial charge < -0.3 is 10.6 Å². The van der Waals surface area contributed by atoms with Gasteiger partial charge in [-0.2, -0.15) is 5.26 Å². The summed E-state index contributed by atoms with van der Waals surface area (Å²) in [6, 6.07) is 15.6. The van der Waals surface area contributed by atoms with Crippen molar-refractivity contribution in [1.82, 2.24) is 10.3 Å². The van der Waals surface area contributed by atoms with Crippen LogP contribution in [0.15, 0.2) is 47.1 Å². The molecule has 0 saturated heterocycles. The Balaban J connectivity index is 2.13. The summed E-state index contributed by atoms with van der Waals surface area (Å²) >= 11 is 0. The van der Waals surface area contributed by atoms with E-state index in [0.717, 1.165) is 11.4 Å². The molecule has 3 rings (SSSR count). The number of aromatic nitrogens is 2. The van der Waals surface area contributed by atoms with E-state index in [4.69, 9.17) is 15.6 Å². The summed E-state index contributed by atoms with van der Waals surface area (Å²) in [4.78, 5) is 2.01. The van der Waals surface area contributed by atoms with E-state index in [2.05, 4.69) is 16.4 Å². The molecule has 0 saturated carbocycles. The first kappa shape index (κ1) is 12.9. The first-order valence-corrected chi connectivity index (χ1v) is 6.51. The molecule has 3 aromatic rings. The van der Waals surface area contributed by atoms with Gasteiger partial charge in [-0.15, -0.1) is 0 Å². The lowest BCUT2D eigenvalue weighted by Gasteiger charge is -2.24. The Kier molecular flexibility index (Phi) is 3.39. The molecule has 0 fully saturated rings. The SMILES string of the molecule is N#CCCN(c1ccccc1)c1ccc(N)c2nonc12. The third-order valence-corrected chi connectivity index (χ3v) is 3.23. The number of nitrogens with zero attached hydrogens (tertiary/aromatic N) is 4. The van der Waals surface area contributed by atoms with Gasteiger partial charge in [0.05, 0.1) is 23.9 Å². The largest absolute Gasteiger partial charge is 0.397 e. The van der Waals surface area contributed by atoms with Gasteiger partial charge in [-0.25, -0.2) is 4.63 Å². The normalized spacial score (nSPS) is 10.4. The van der Waals surface area contributed by atoms with Crippen molar-refractivity contribution in [3.8, 4) is 6.07 Å². The Labute approximate surface area is 121 Å². The van der Waals surface area contributed by atoms with Crippen molar-refractivity contribution in [1.29, 1.82) is 5.26 Å². The van der Waals surface area contributed by atoms with Crippen LogP contribution in [0.4, 0.5) is 17.1 Å². The zero-order chi connectivity index (χ0) is 14.7. The van der Waals surface area contributed by atoms with E-state index in [9.17, 15) is 0 Å². The fourth-order valence-corrected chi connectivity index (χ4v) is 2.25. The number of hydrogen-bond acceptors (Lipinski definition) is 6. The molecule has 1 heterocycles. The molecule has 6 heteroatoms. The van der Waals surface area contributed by atoms with Crippen LogP contribution in [0.1, 0.15) is 6.42 Å². The van der Waals surface area contributed by atoms with Crippen molar-refractivity contribution in [3.05, 3.63) is 42.5 Å². The minimum atomic E-state index is 0.395. The number of rotatable bonds is 4. The van der Waals surface area contributed by atoms with Gasteiger partial charge in [0.1, 0.15) is 0 Å². The van der Waals surface area contributed by atoms with Crippen LogP contribution >= 0.6 is 0 Å². The molecule has 21 heavy (non-hydrogen) atoms. The molecule has 0 amide bonds. The summed E-state index contributed by atoms with van der Waals surface area (Å²) in [6.07, 6.45) is 0.395. The van der Waals surface area contributed by atoms with Crippen LogP contribution in [0.25, 0.3) is 11.0 Å². The predicted molar refractivity (Wildman–Crippen MR) is 79.9 cm³/mol. The lowest BCUT2D eigenvalue weighted by Crippen LogP contribution is -2.18. The number of anilines is 3. The fourth-order valence-electron chi connectivity index (χ4n) is 2.25. The minimum Gasteiger partial charge on any atom is -0.397 e. The van der Waals surface area contributed by atoms with Crippen LogP contribution in [0.3, 0.4) is 0 Å². The van der Waals surface area contributed by atoms with E-state index >= 15 is 0 Å². The van der Waals surface area contributed by atoms with Crippen molar-refractivity contribution in [3.63, 3.8) is 0 Å². The van der Waals surface area contributed by atoms with Crippen molar-refractivity contribution >= 4 is 28.1 Å². The molecule has 0 bridgehead atoms. The maximum absolute atomic E-state index is 8.88. The summed E-state index contributed by atoms with van der Waals surface area (Å²) in [5.74, 6) is 0. The maximum Gasteiger partial charge on any atom is 0.160 e. The van der Waals surface area contributed by atoms with E-state index in [-0.39, 0.29) is 0 Å². The lowest BCUT2D eigenvalue weighted by molar-refractivity contribution is 0.315. The highest BCUT2D eigenvalue weighted by molar-refractivity contribution is 5.96. The summed E-state index contributed by atoms with van der Waals surface area (Å²) < 4.78 is 4.81. The zero-order valence-electron chi connectivity index (χ0n) is 11.2. The van der Waals surface area contributed by atoms with Gasteiger partial charge in [0, 0.05) is 12.2 Å². The van der Waals surface area contributed by atoms with Gasteiger partial charge in [0.15, 0.2) is 11.0 Å². The quantitative estimate of drug-likeness (QED) is 0.738. The van der Waals surface area contributed by atoms with Gasteiger partial charge in [-0.05, 0) is 34.6 Å². The standard InChI is InChI=1S/C15H13N5O/c16-9-4-10-20(11-5-2-1-3-6-11)13-8-7-12(17)14-15(13)19-21-18-14/h1-3,5-8H,4,10,17H2. The highest BCUT2D eigenvalue weighted by Gasteiger charge is 2.17. The molecule has 0 unspecified atom stereocenters. The summed E-state index contributed by atoms with van der Waals surface area (Å²) in [7, 11) is 0. The number of nitriles is 1. The monoisotopic (exact) mass is 279 g/mol. The minimum absolute atomic E-state index is 0.395. The second-order valence-electron chi connectivity index (χ2n) is 4.53. The molecule has 0 aliphatic heterocycles. The topological polar surface area (TPSA) is 92.0 Å². The molecule has 0 spiro atoms. The summed E-state index contributed by atoms with van der Waals surface area (Å²) in [5.41, 5.74) is 9.31. The van der Waals surface area contributed by atoms with Crippen LogP contribution in [-0.2, 0) is 0 Å². The van der Waals surface area contributed by atoms with E-state index < -0.39 is 0 Å². The van der Waals surface area contributed by atoms with Gasteiger partial charge in [0.25, 0.3) is 0 Å². The van der Waals surface area contributed by atoms with Crippen LogP contribution in [0, 0.1) is 11.3 Å². The first-order chi connectivity index (χ1) is 10.3. The lowest BCUT2D eigenvalue weighted by atomic mass is 10.2. The molecular formula is C15H13N5O. The molecule has 0 aliphatic rings. The Morgan fingerprint density at radius 2 is 1.86 bits per heavy atom. The predicted octanol–water partition coefficient (Wildman–Crippen LogP) is 2.86. The number of fused-ring (bicyclic) bond motifs is 1. The maximum atomic E-state index is 8.88. The smallest absolute Gasteiger partial charge is 0.160 e. The molecule has 2 aromatic carbocycles. The van der Waals surface area contributed by atoms with Crippen LogP contribution in [-0.4, -0.2) is 16.9 Å². The summed E-state index contributed by atoms with van der Waals surface area (Å²) in [6.45, 7) is 0.548. The van der Waals surface area contributed by atoms with E-state index in [1.165, 1.54) is 0 Å². The molecule has 6 nitrogen and oxygen atoms in total. The zero-order valence-corrected chi connectivity index (χ0v) is 11.2. The third-order valence-electron chi connectivity index (χ3n) is 3.23. The fraction of sp³-hybridized carbons (Fsp3) is 0.133. The Bertz CT molecular complexity index is 791. The van der Waals surface area contributed by atoms with Gasteiger partial charge >= 0.3 is 0 Å². The molecule has 1 aromatic heterocycles. The Morgan fingerprint density at radius 3 is 2.62 bits per heavy atom. The number of hydrogen-bond donors (Lipinski definition) is 1. The van der Waals surface area contributed by atoms with Crippen molar-refractivity contribution in [2.75, 3.05) is 17.2 Å². The number of nitrogens with two attached hydrogens (primary N) is 1. The molecule has 104 valence electrons. The van der Waals surface area contributed by atoms with E-state index in [1.807, 2.05) is 41.3 Å². The van der Waals surface area contributed by atoms with Gasteiger partial charge in [0.2, 0.25) is 0 Å². The molecule has 0 atom stereocenters. The third kappa shape index (κ3) is 2.37. The molecular weight excluding hydrogens is 266 g/mol. The Morgan fingerprint density at radius 1 is 1.10 bits per heavy atom. The first-order valence-electron chi connectivity index (χ1n) is 6.51. The number of para-hydroxylation sites is 1. The number of benzene rings is 2. The second-order valence-corrected chi connectivity index (χ2v) is 4.53. The van der Waals surface area contributed by atoms with Crippen LogP contribution in [0.5, 0.6) is 0 Å². The van der Waals surface area contributed by atoms with Gasteiger partial charge in [-0.3, -0.25) is 0 Å². The van der Waals surface area contributed by atoms with Gasteiger partial charge in [-0.1, -0.05) is 18.2 Å². The van der Waals surface area contributed by atoms with E-state index in [0.29, 0.717) is 29.7 Å². The Hall–Kier alpha value is -3.07. The summed E-state index contributed by atoms with van der Waals surface area (Å²) in [5, 5.41) is 16.7. The van der Waals surface area contributed by atoms with Crippen molar-refractivity contribution in [2.24, 2.45) is 0 Å². The molecule has 0 radical (unpaired) electrons. The van der Waals surface area contributed by atoms with Crippen LogP contribution in [0.2, 0.25) is 0 Å². The number of nitrogen functional groups attached to an aromatic ring is 1. The average molecular weight is 279 g/mol. The highest BCUT2D eigenvalue weighted by atomic mass is 16.6. The highest BCUT2D eigenvalue weighted by Crippen LogP contribution is 2.33. The van der Waals surface area contributed by atoms with Crippen molar-refractivity contribution in [2.45, 2.75) is 6.42 Å². The van der Waals surface area contributed by atoms with E-state index in [1.54, 1.807) is 6.07 Å². The van der Waals surface area contributed by atoms with Crippen LogP contribution < -0.4 is 10.6 Å². The second kappa shape index (κ2) is 5.51. The van der Waals surface area contributed by atoms with Crippen molar-refractivity contribution < 1.29 is 4.63 Å². The average Bonchev–Trinajstić information content (AvgIpc) is 3.01. The molecule has 0 aliphatic carbocycles. The molecule has 2 N–H and O–H groups in total.